The minimum Gasteiger partial charge on any atom is -0.378 e. The van der Waals surface area contributed by atoms with E-state index < -0.39 is 21.1 Å². The Morgan fingerprint density at radius 1 is 1.03 bits per heavy atom. The van der Waals surface area contributed by atoms with Gasteiger partial charge in [-0.3, -0.25) is 4.79 Å². The Morgan fingerprint density at radius 2 is 1.70 bits per heavy atom. The molecule has 0 saturated carbocycles. The standard InChI is InChI=1S/C25H29FN2O4S/c1-4-5-6-28-16-24(33(30,31)19-12-17(2)11-18(3)13-19)25(29)20-14-21(26)23(15-22(20)28)27-7-9-32-10-8-27/h11-16H,4-10H2,1-3H3. The summed E-state index contributed by atoms with van der Waals surface area (Å²) in [5.74, 6) is -0.538. The first-order valence-electron chi connectivity index (χ1n) is 11.2. The average molecular weight is 473 g/mol. The number of nitrogens with zero attached hydrogens (tertiary/aromatic N) is 2. The predicted molar refractivity (Wildman–Crippen MR) is 127 cm³/mol. The number of pyridine rings is 1. The fourth-order valence-corrected chi connectivity index (χ4v) is 5.90. The lowest BCUT2D eigenvalue weighted by molar-refractivity contribution is 0.122. The highest BCUT2D eigenvalue weighted by Gasteiger charge is 2.26. The number of fused-ring (bicyclic) bond motifs is 1. The molecule has 0 spiro atoms. The number of sulfone groups is 1. The molecule has 0 radical (unpaired) electrons. The molecule has 1 aromatic heterocycles. The van der Waals surface area contributed by atoms with E-state index in [9.17, 15) is 13.2 Å². The number of rotatable bonds is 6. The van der Waals surface area contributed by atoms with E-state index in [1.165, 1.54) is 12.3 Å². The molecule has 2 heterocycles. The Bertz CT molecular complexity index is 1340. The minimum absolute atomic E-state index is 0.0731. The molecule has 8 heteroatoms. The topological polar surface area (TPSA) is 68.6 Å². The van der Waals surface area contributed by atoms with Crippen molar-refractivity contribution in [3.63, 3.8) is 0 Å². The molecule has 2 aromatic carbocycles. The van der Waals surface area contributed by atoms with Crippen molar-refractivity contribution in [1.29, 1.82) is 0 Å². The van der Waals surface area contributed by atoms with Crippen LogP contribution in [-0.4, -0.2) is 39.3 Å². The van der Waals surface area contributed by atoms with Crippen LogP contribution in [0.25, 0.3) is 10.9 Å². The second-order valence-electron chi connectivity index (χ2n) is 8.62. The van der Waals surface area contributed by atoms with Crippen molar-refractivity contribution in [3.8, 4) is 0 Å². The van der Waals surface area contributed by atoms with Crippen LogP contribution in [0.4, 0.5) is 10.1 Å². The van der Waals surface area contributed by atoms with Gasteiger partial charge in [0.1, 0.15) is 10.7 Å². The van der Waals surface area contributed by atoms with E-state index in [4.69, 9.17) is 4.74 Å². The molecule has 1 saturated heterocycles. The number of morpholine rings is 1. The Hall–Kier alpha value is -2.71. The van der Waals surface area contributed by atoms with Crippen LogP contribution in [0.1, 0.15) is 30.9 Å². The third-order valence-electron chi connectivity index (χ3n) is 6.02. The van der Waals surface area contributed by atoms with Crippen LogP contribution in [0, 0.1) is 19.7 Å². The number of benzene rings is 2. The van der Waals surface area contributed by atoms with Crippen LogP contribution in [-0.2, 0) is 21.1 Å². The maximum atomic E-state index is 15.1. The van der Waals surface area contributed by atoms with E-state index in [2.05, 4.69) is 0 Å². The fourth-order valence-electron chi connectivity index (χ4n) is 4.34. The van der Waals surface area contributed by atoms with Crippen molar-refractivity contribution >= 4 is 26.4 Å². The maximum absolute atomic E-state index is 15.1. The SMILES string of the molecule is CCCCn1cc(S(=O)(=O)c2cc(C)cc(C)c2)c(=O)c2cc(F)c(N3CCOCC3)cc21. The normalized spacial score (nSPS) is 14.7. The van der Waals surface area contributed by atoms with Crippen molar-refractivity contribution < 1.29 is 17.5 Å². The van der Waals surface area contributed by atoms with Gasteiger partial charge in [-0.2, -0.15) is 0 Å². The van der Waals surface area contributed by atoms with Gasteiger partial charge in [-0.05, 0) is 55.7 Å². The largest absolute Gasteiger partial charge is 0.378 e. The number of ether oxygens (including phenoxy) is 1. The summed E-state index contributed by atoms with van der Waals surface area (Å²) < 4.78 is 49.3. The Kier molecular flexibility index (Phi) is 6.59. The number of unbranched alkanes of at least 4 members (excludes halogenated alkanes) is 1. The Balaban J connectivity index is 1.95. The van der Waals surface area contributed by atoms with Crippen LogP contribution < -0.4 is 10.3 Å². The summed E-state index contributed by atoms with van der Waals surface area (Å²) in [4.78, 5) is 15.0. The lowest BCUT2D eigenvalue weighted by atomic mass is 10.1. The Morgan fingerprint density at radius 3 is 2.33 bits per heavy atom. The summed E-state index contributed by atoms with van der Waals surface area (Å²) in [6.07, 6.45) is 3.11. The summed E-state index contributed by atoms with van der Waals surface area (Å²) in [5, 5.41) is 0.0751. The molecule has 0 N–H and O–H groups in total. The summed E-state index contributed by atoms with van der Waals surface area (Å²) in [6, 6.07) is 7.85. The first kappa shape index (κ1) is 23.4. The second-order valence-corrected chi connectivity index (χ2v) is 10.5. The Labute approximate surface area is 193 Å². The van der Waals surface area contributed by atoms with E-state index >= 15 is 4.39 Å². The lowest BCUT2D eigenvalue weighted by Gasteiger charge is -2.29. The molecule has 0 amide bonds. The van der Waals surface area contributed by atoms with Gasteiger partial charge in [0.2, 0.25) is 15.3 Å². The molecule has 3 aromatic rings. The molecule has 4 rings (SSSR count). The molecule has 0 aliphatic carbocycles. The smallest absolute Gasteiger partial charge is 0.211 e. The number of halogens is 1. The molecular weight excluding hydrogens is 443 g/mol. The number of anilines is 1. The predicted octanol–water partition coefficient (Wildman–Crippen LogP) is 4.23. The monoisotopic (exact) mass is 472 g/mol. The number of hydrogen-bond donors (Lipinski definition) is 0. The van der Waals surface area contributed by atoms with E-state index in [-0.39, 0.29) is 15.2 Å². The van der Waals surface area contributed by atoms with Crippen LogP contribution >= 0.6 is 0 Å². The molecule has 0 bridgehead atoms. The van der Waals surface area contributed by atoms with Crippen LogP contribution in [0.5, 0.6) is 0 Å². The molecular formula is C25H29FN2O4S. The van der Waals surface area contributed by atoms with E-state index in [0.717, 1.165) is 24.0 Å². The summed E-state index contributed by atoms with van der Waals surface area (Å²) >= 11 is 0. The average Bonchev–Trinajstić information content (AvgIpc) is 2.78. The zero-order chi connectivity index (χ0) is 23.8. The van der Waals surface area contributed by atoms with Gasteiger partial charge in [0.05, 0.1) is 34.7 Å². The van der Waals surface area contributed by atoms with Gasteiger partial charge in [0.15, 0.2) is 0 Å². The van der Waals surface area contributed by atoms with Crippen LogP contribution in [0.2, 0.25) is 0 Å². The van der Waals surface area contributed by atoms with Crippen molar-refractivity contribution in [3.05, 3.63) is 63.7 Å². The second kappa shape index (κ2) is 9.27. The third kappa shape index (κ3) is 4.54. The molecule has 1 aliphatic heterocycles. The van der Waals surface area contributed by atoms with E-state index in [0.29, 0.717) is 44.1 Å². The molecule has 0 unspecified atom stereocenters. The van der Waals surface area contributed by atoms with Gasteiger partial charge in [-0.25, -0.2) is 12.8 Å². The van der Waals surface area contributed by atoms with Gasteiger partial charge in [0.25, 0.3) is 0 Å². The van der Waals surface area contributed by atoms with Crippen molar-refractivity contribution in [2.75, 3.05) is 31.2 Å². The number of aryl methyl sites for hydroxylation is 3. The lowest BCUT2D eigenvalue weighted by Crippen LogP contribution is -2.36. The van der Waals surface area contributed by atoms with Crippen molar-refractivity contribution in [2.24, 2.45) is 0 Å². The minimum atomic E-state index is -4.08. The van der Waals surface area contributed by atoms with Gasteiger partial charge in [-0.1, -0.05) is 19.4 Å². The summed E-state index contributed by atoms with van der Waals surface area (Å²) in [5.41, 5.74) is 1.85. The highest BCUT2D eigenvalue weighted by atomic mass is 32.2. The van der Waals surface area contributed by atoms with Gasteiger partial charge >= 0.3 is 0 Å². The highest BCUT2D eigenvalue weighted by Crippen LogP contribution is 2.28. The summed E-state index contributed by atoms with van der Waals surface area (Å²) in [6.45, 7) is 8.32. The number of hydrogen-bond acceptors (Lipinski definition) is 5. The van der Waals surface area contributed by atoms with Crippen molar-refractivity contribution in [1.82, 2.24) is 4.57 Å². The highest BCUT2D eigenvalue weighted by molar-refractivity contribution is 7.91. The van der Waals surface area contributed by atoms with E-state index in [1.807, 2.05) is 31.7 Å². The zero-order valence-corrected chi connectivity index (χ0v) is 20.0. The van der Waals surface area contributed by atoms with Crippen LogP contribution in [0.15, 0.2) is 51.1 Å². The van der Waals surface area contributed by atoms with Crippen LogP contribution in [0.3, 0.4) is 0 Å². The van der Waals surface area contributed by atoms with Gasteiger partial charge < -0.3 is 14.2 Å². The molecule has 0 atom stereocenters. The zero-order valence-electron chi connectivity index (χ0n) is 19.2. The number of aromatic nitrogens is 1. The first-order chi connectivity index (χ1) is 15.7. The molecule has 1 fully saturated rings. The summed E-state index contributed by atoms with van der Waals surface area (Å²) in [7, 11) is -4.08. The van der Waals surface area contributed by atoms with E-state index in [1.54, 1.807) is 22.8 Å². The first-order valence-corrected chi connectivity index (χ1v) is 12.7. The third-order valence-corrected chi connectivity index (χ3v) is 7.74. The molecule has 1 aliphatic rings. The molecule has 33 heavy (non-hydrogen) atoms. The maximum Gasteiger partial charge on any atom is 0.211 e. The van der Waals surface area contributed by atoms with Gasteiger partial charge in [-0.15, -0.1) is 0 Å². The van der Waals surface area contributed by atoms with Crippen molar-refractivity contribution in [2.45, 2.75) is 49.9 Å². The molecule has 176 valence electrons. The quantitative estimate of drug-likeness (QED) is 0.537. The molecule has 6 nitrogen and oxygen atoms in total. The van der Waals surface area contributed by atoms with Gasteiger partial charge in [0, 0.05) is 25.8 Å². The fraction of sp³-hybridized carbons (Fsp3) is 0.400.